The molecular formula is C18H24N6S. The van der Waals surface area contributed by atoms with E-state index in [-0.39, 0.29) is 0 Å². The second-order valence-corrected chi connectivity index (χ2v) is 7.13. The summed E-state index contributed by atoms with van der Waals surface area (Å²) >= 11 is 1.50. The highest BCUT2D eigenvalue weighted by molar-refractivity contribution is 7.15. The van der Waals surface area contributed by atoms with Crippen molar-refractivity contribution < 1.29 is 0 Å². The van der Waals surface area contributed by atoms with E-state index in [1.807, 2.05) is 18.3 Å². The first-order valence-electron chi connectivity index (χ1n) is 8.58. The molecule has 0 bridgehead atoms. The fourth-order valence-corrected chi connectivity index (χ4v) is 3.82. The molecule has 1 saturated heterocycles. The number of nitrogens with zero attached hydrogens (tertiary/aromatic N) is 4. The smallest absolute Gasteiger partial charge is 0.203 e. The van der Waals surface area contributed by atoms with Crippen molar-refractivity contribution in [2.75, 3.05) is 18.8 Å². The van der Waals surface area contributed by atoms with Crippen molar-refractivity contribution in [3.63, 3.8) is 0 Å². The molecule has 3 heterocycles. The molecule has 1 aliphatic rings. The Morgan fingerprint density at radius 1 is 1.28 bits per heavy atom. The van der Waals surface area contributed by atoms with Crippen LogP contribution >= 0.6 is 11.3 Å². The topological polar surface area (TPSA) is 94.0 Å². The maximum atomic E-state index is 5.84. The SMILES string of the molecule is N/C=C(\C=C/CCc1ccccn1)N1CCC(c2nnc(N)s2)CC1. The van der Waals surface area contributed by atoms with Crippen LogP contribution in [0.2, 0.25) is 0 Å². The second kappa shape index (κ2) is 8.62. The number of rotatable bonds is 6. The highest BCUT2D eigenvalue weighted by atomic mass is 32.1. The standard InChI is InChI=1S/C18H24N6S/c19-13-16(7-2-1-5-15-6-3-4-10-21-15)24-11-8-14(9-12-24)17-22-23-18(20)25-17/h2-4,6-7,10,13-14H,1,5,8-9,11-12,19H2,(H2,20,23)/b7-2-,16-13+. The summed E-state index contributed by atoms with van der Waals surface area (Å²) in [6.45, 7) is 1.94. The summed E-state index contributed by atoms with van der Waals surface area (Å²) < 4.78 is 0. The van der Waals surface area contributed by atoms with Gasteiger partial charge >= 0.3 is 0 Å². The first-order chi connectivity index (χ1) is 12.3. The lowest BCUT2D eigenvalue weighted by molar-refractivity contribution is 0.268. The molecule has 0 spiro atoms. The summed E-state index contributed by atoms with van der Waals surface area (Å²) in [4.78, 5) is 6.67. The Morgan fingerprint density at radius 2 is 2.12 bits per heavy atom. The van der Waals surface area contributed by atoms with Crippen molar-refractivity contribution in [3.05, 3.63) is 59.1 Å². The van der Waals surface area contributed by atoms with Crippen molar-refractivity contribution in [2.24, 2.45) is 5.73 Å². The van der Waals surface area contributed by atoms with E-state index < -0.39 is 0 Å². The summed E-state index contributed by atoms with van der Waals surface area (Å²) in [5.74, 6) is 0.457. The van der Waals surface area contributed by atoms with Gasteiger partial charge in [0, 0.05) is 37.1 Å². The molecule has 7 heteroatoms. The molecule has 0 unspecified atom stereocenters. The van der Waals surface area contributed by atoms with Crippen LogP contribution in [0.3, 0.4) is 0 Å². The number of piperidine rings is 1. The van der Waals surface area contributed by atoms with Crippen LogP contribution in [0.4, 0.5) is 5.13 Å². The van der Waals surface area contributed by atoms with E-state index in [0.717, 1.165) is 55.2 Å². The van der Waals surface area contributed by atoms with Crippen LogP contribution < -0.4 is 11.5 Å². The van der Waals surface area contributed by atoms with Gasteiger partial charge < -0.3 is 16.4 Å². The summed E-state index contributed by atoms with van der Waals surface area (Å²) in [5, 5.41) is 9.72. The van der Waals surface area contributed by atoms with Gasteiger partial charge in [0.1, 0.15) is 5.01 Å². The van der Waals surface area contributed by atoms with Crippen LogP contribution in [-0.4, -0.2) is 33.2 Å². The fraction of sp³-hybridized carbons (Fsp3) is 0.389. The van der Waals surface area contributed by atoms with E-state index in [0.29, 0.717) is 11.0 Å². The molecule has 2 aromatic heterocycles. The van der Waals surface area contributed by atoms with Crippen molar-refractivity contribution in [1.82, 2.24) is 20.1 Å². The van der Waals surface area contributed by atoms with Crippen LogP contribution in [0, 0.1) is 0 Å². The molecule has 6 nitrogen and oxygen atoms in total. The molecule has 25 heavy (non-hydrogen) atoms. The molecule has 4 N–H and O–H groups in total. The molecule has 1 fully saturated rings. The maximum absolute atomic E-state index is 5.84. The van der Waals surface area contributed by atoms with Gasteiger partial charge in [-0.1, -0.05) is 23.5 Å². The van der Waals surface area contributed by atoms with Gasteiger partial charge in [-0.2, -0.15) is 0 Å². The summed E-state index contributed by atoms with van der Waals surface area (Å²) in [6.07, 6.45) is 11.8. The first-order valence-corrected chi connectivity index (χ1v) is 9.40. The third kappa shape index (κ3) is 4.79. The van der Waals surface area contributed by atoms with E-state index in [4.69, 9.17) is 11.5 Å². The Kier molecular flexibility index (Phi) is 6.00. The van der Waals surface area contributed by atoms with Gasteiger partial charge in [0.05, 0.1) is 5.70 Å². The fourth-order valence-electron chi connectivity index (χ4n) is 3.04. The first kappa shape index (κ1) is 17.4. The molecule has 0 amide bonds. The van der Waals surface area contributed by atoms with Crippen LogP contribution in [0.25, 0.3) is 0 Å². The number of hydrogen-bond acceptors (Lipinski definition) is 7. The Morgan fingerprint density at radius 3 is 2.76 bits per heavy atom. The highest BCUT2D eigenvalue weighted by Gasteiger charge is 2.23. The van der Waals surface area contributed by atoms with E-state index in [2.05, 4.69) is 38.3 Å². The van der Waals surface area contributed by atoms with Crippen LogP contribution in [0.5, 0.6) is 0 Å². The molecule has 0 aromatic carbocycles. The Bertz CT molecular complexity index is 716. The van der Waals surface area contributed by atoms with Crippen molar-refractivity contribution in [1.29, 1.82) is 0 Å². The average molecular weight is 356 g/mol. The molecule has 0 saturated carbocycles. The minimum atomic E-state index is 0.457. The number of anilines is 1. The number of likely N-dealkylation sites (tertiary alicyclic amines) is 1. The Balaban J connectivity index is 1.48. The Labute approximate surface area is 152 Å². The average Bonchev–Trinajstić information content (AvgIpc) is 3.09. The normalized spacial score (nSPS) is 16.6. The number of allylic oxidation sites excluding steroid dienone is 2. The monoisotopic (exact) mass is 356 g/mol. The van der Waals surface area contributed by atoms with Crippen molar-refractivity contribution >= 4 is 16.5 Å². The number of aryl methyl sites for hydroxylation is 1. The van der Waals surface area contributed by atoms with E-state index in [1.54, 1.807) is 6.20 Å². The third-order valence-electron chi connectivity index (χ3n) is 4.42. The lowest BCUT2D eigenvalue weighted by Crippen LogP contribution is -2.32. The van der Waals surface area contributed by atoms with Crippen molar-refractivity contribution in [3.8, 4) is 0 Å². The van der Waals surface area contributed by atoms with E-state index in [9.17, 15) is 0 Å². The number of hydrogen-bond donors (Lipinski definition) is 2. The second-order valence-electron chi connectivity index (χ2n) is 6.09. The largest absolute Gasteiger partial charge is 0.403 e. The van der Waals surface area contributed by atoms with Gasteiger partial charge in [0.25, 0.3) is 0 Å². The number of nitrogens with two attached hydrogens (primary N) is 2. The van der Waals surface area contributed by atoms with Crippen LogP contribution in [0.1, 0.15) is 35.9 Å². The molecule has 132 valence electrons. The Hall–Kier alpha value is -2.41. The highest BCUT2D eigenvalue weighted by Crippen LogP contribution is 2.31. The number of nitrogen functional groups attached to an aromatic ring is 1. The number of aromatic nitrogens is 3. The van der Waals surface area contributed by atoms with E-state index in [1.165, 1.54) is 11.3 Å². The summed E-state index contributed by atoms with van der Waals surface area (Å²) in [6, 6.07) is 6.01. The lowest BCUT2D eigenvalue weighted by atomic mass is 9.97. The zero-order valence-corrected chi connectivity index (χ0v) is 15.0. The molecule has 3 rings (SSSR count). The minimum absolute atomic E-state index is 0.457. The summed E-state index contributed by atoms with van der Waals surface area (Å²) in [5.41, 5.74) is 13.7. The third-order valence-corrected chi connectivity index (χ3v) is 5.33. The zero-order valence-electron chi connectivity index (χ0n) is 14.2. The van der Waals surface area contributed by atoms with Gasteiger partial charge in [-0.15, -0.1) is 10.2 Å². The van der Waals surface area contributed by atoms with Crippen molar-refractivity contribution in [2.45, 2.75) is 31.6 Å². The van der Waals surface area contributed by atoms with E-state index >= 15 is 0 Å². The van der Waals surface area contributed by atoms with Crippen LogP contribution in [0.15, 0.2) is 48.4 Å². The molecule has 0 aliphatic carbocycles. The predicted octanol–water partition coefficient (Wildman–Crippen LogP) is 2.68. The minimum Gasteiger partial charge on any atom is -0.403 e. The quantitative estimate of drug-likeness (QED) is 0.773. The number of pyridine rings is 1. The zero-order chi connectivity index (χ0) is 17.5. The molecular weight excluding hydrogens is 332 g/mol. The maximum Gasteiger partial charge on any atom is 0.203 e. The van der Waals surface area contributed by atoms with Gasteiger partial charge in [-0.05, 0) is 43.9 Å². The van der Waals surface area contributed by atoms with Gasteiger partial charge in [-0.25, -0.2) is 0 Å². The van der Waals surface area contributed by atoms with Gasteiger partial charge in [0.2, 0.25) is 5.13 Å². The molecule has 2 aromatic rings. The summed E-state index contributed by atoms with van der Waals surface area (Å²) in [7, 11) is 0. The lowest BCUT2D eigenvalue weighted by Gasteiger charge is -2.33. The predicted molar refractivity (Wildman–Crippen MR) is 102 cm³/mol. The molecule has 0 atom stereocenters. The molecule has 0 radical (unpaired) electrons. The molecule has 1 aliphatic heterocycles. The van der Waals surface area contributed by atoms with Gasteiger partial charge in [0.15, 0.2) is 0 Å². The van der Waals surface area contributed by atoms with Crippen LogP contribution in [-0.2, 0) is 6.42 Å². The van der Waals surface area contributed by atoms with Gasteiger partial charge in [-0.3, -0.25) is 4.98 Å².